The molecule has 0 radical (unpaired) electrons. The summed E-state index contributed by atoms with van der Waals surface area (Å²) >= 11 is 17.7. The van der Waals surface area contributed by atoms with Gasteiger partial charge < -0.3 is 9.47 Å². The average Bonchev–Trinajstić information content (AvgIpc) is 2.83. The van der Waals surface area contributed by atoms with Gasteiger partial charge in [-0.2, -0.15) is 0 Å². The zero-order valence-electron chi connectivity index (χ0n) is 18.1. The number of carbonyl (C=O) groups is 2. The summed E-state index contributed by atoms with van der Waals surface area (Å²) < 4.78 is 12.5. The van der Waals surface area contributed by atoms with Gasteiger partial charge in [0.25, 0.3) is 11.8 Å². The van der Waals surface area contributed by atoms with Gasteiger partial charge in [0.2, 0.25) is 0 Å². The number of nitrogens with one attached hydrogen (secondary N) is 3. The minimum Gasteiger partial charge on any atom is -0.492 e. The van der Waals surface area contributed by atoms with Crippen molar-refractivity contribution in [3.8, 4) is 11.5 Å². The van der Waals surface area contributed by atoms with E-state index in [1.807, 2.05) is 30.3 Å². The number of rotatable bonds is 8. The monoisotopic (exact) mass is 639 g/mol. The number of hydrogen-bond donors (Lipinski definition) is 3. The Bertz CT molecular complexity index is 1210. The van der Waals surface area contributed by atoms with E-state index in [-0.39, 0.29) is 11.7 Å². The van der Waals surface area contributed by atoms with Gasteiger partial charge in [-0.25, -0.2) is 0 Å². The summed E-state index contributed by atoms with van der Waals surface area (Å²) in [5.74, 6) is 0.133. The first kappa shape index (κ1) is 26.9. The zero-order valence-corrected chi connectivity index (χ0v) is 22.9. The number of ether oxygens (including phenoxy) is 2. The van der Waals surface area contributed by atoms with Crippen LogP contribution in [-0.2, 0) is 11.2 Å². The number of halogens is 3. The van der Waals surface area contributed by atoms with Crippen LogP contribution >= 0.6 is 55.7 Å². The fraction of sp³-hybridized carbons (Fsp3) is 0.125. The molecule has 0 bridgehead atoms. The Hall–Kier alpha value is -2.66. The molecule has 3 aromatic carbocycles. The van der Waals surface area contributed by atoms with Crippen molar-refractivity contribution in [3.05, 3.63) is 91.8 Å². The van der Waals surface area contributed by atoms with E-state index in [9.17, 15) is 9.59 Å². The van der Waals surface area contributed by atoms with Gasteiger partial charge in [0.05, 0.1) is 15.6 Å². The van der Waals surface area contributed by atoms with Crippen LogP contribution in [-0.4, -0.2) is 30.1 Å². The van der Waals surface area contributed by atoms with Gasteiger partial charge in [0, 0.05) is 17.0 Å². The Balaban J connectivity index is 1.41. The highest BCUT2D eigenvalue weighted by Gasteiger charge is 2.12. The van der Waals surface area contributed by atoms with Crippen molar-refractivity contribution in [1.82, 2.24) is 16.2 Å². The molecule has 35 heavy (non-hydrogen) atoms. The highest BCUT2D eigenvalue weighted by Crippen LogP contribution is 2.28. The van der Waals surface area contributed by atoms with Crippen molar-refractivity contribution in [2.75, 3.05) is 13.2 Å². The molecule has 0 unspecified atom stereocenters. The Kier molecular flexibility index (Phi) is 10.3. The number of carbonyl (C=O) groups excluding carboxylic acids is 2. The Labute approximate surface area is 229 Å². The van der Waals surface area contributed by atoms with Gasteiger partial charge in [-0.15, -0.1) is 0 Å². The quantitative estimate of drug-likeness (QED) is 0.232. The number of amides is 2. The zero-order chi connectivity index (χ0) is 25.2. The SMILES string of the molecule is O=C(COc1ccc(Cl)cc1Br)NNC(=S)NC(=O)c1ccc(OCCc2ccccc2)c(Br)c1. The Morgan fingerprint density at radius 1 is 0.886 bits per heavy atom. The van der Waals surface area contributed by atoms with E-state index in [1.165, 1.54) is 5.56 Å². The van der Waals surface area contributed by atoms with Crippen LogP contribution in [0.4, 0.5) is 0 Å². The molecule has 0 heterocycles. The minimum atomic E-state index is -0.497. The summed E-state index contributed by atoms with van der Waals surface area (Å²) in [6.07, 6.45) is 0.767. The standard InChI is InChI=1S/C24H20Br2ClN3O4S/c25-18-12-16(6-8-20(18)33-11-10-15-4-2-1-3-5-15)23(32)28-24(35)30-29-22(31)14-34-21-9-7-17(27)13-19(21)26/h1-9,12-13H,10-11,14H2,(H,29,31)(H2,28,30,32,35). The minimum absolute atomic E-state index is 0.0738. The molecule has 3 rings (SSSR count). The first-order valence-corrected chi connectivity index (χ1v) is 12.6. The maximum Gasteiger partial charge on any atom is 0.276 e. The van der Waals surface area contributed by atoms with Gasteiger partial charge in [-0.05, 0) is 86.0 Å². The van der Waals surface area contributed by atoms with Crippen LogP contribution < -0.4 is 25.6 Å². The number of hydrogen-bond acceptors (Lipinski definition) is 5. The van der Waals surface area contributed by atoms with Crippen molar-refractivity contribution in [3.63, 3.8) is 0 Å². The predicted octanol–water partition coefficient (Wildman–Crippen LogP) is 5.20. The van der Waals surface area contributed by atoms with Crippen molar-refractivity contribution in [1.29, 1.82) is 0 Å². The van der Waals surface area contributed by atoms with Crippen LogP contribution in [0.2, 0.25) is 5.02 Å². The molecule has 0 aromatic heterocycles. The third-order valence-corrected chi connectivity index (χ3v) is 6.16. The highest BCUT2D eigenvalue weighted by molar-refractivity contribution is 9.10. The largest absolute Gasteiger partial charge is 0.492 e. The summed E-state index contributed by atoms with van der Waals surface area (Å²) in [6, 6.07) is 19.9. The van der Waals surface area contributed by atoms with Crippen LogP contribution in [0.5, 0.6) is 11.5 Å². The van der Waals surface area contributed by atoms with E-state index in [1.54, 1.807) is 36.4 Å². The summed E-state index contributed by atoms with van der Waals surface area (Å²) in [6.45, 7) is 0.225. The normalized spacial score (nSPS) is 10.3. The lowest BCUT2D eigenvalue weighted by Gasteiger charge is -2.13. The van der Waals surface area contributed by atoms with Gasteiger partial charge in [0.1, 0.15) is 11.5 Å². The topological polar surface area (TPSA) is 88.7 Å². The molecule has 0 fully saturated rings. The molecule has 3 aromatic rings. The van der Waals surface area contributed by atoms with Gasteiger partial charge >= 0.3 is 0 Å². The van der Waals surface area contributed by atoms with E-state index >= 15 is 0 Å². The van der Waals surface area contributed by atoms with E-state index in [4.69, 9.17) is 33.3 Å². The van der Waals surface area contributed by atoms with Crippen molar-refractivity contribution < 1.29 is 19.1 Å². The number of benzene rings is 3. The Morgan fingerprint density at radius 2 is 1.57 bits per heavy atom. The van der Waals surface area contributed by atoms with Crippen molar-refractivity contribution in [2.24, 2.45) is 0 Å². The molecule has 3 N–H and O–H groups in total. The average molecular weight is 642 g/mol. The van der Waals surface area contributed by atoms with E-state index in [0.29, 0.717) is 37.6 Å². The first-order valence-electron chi connectivity index (χ1n) is 10.3. The summed E-state index contributed by atoms with van der Waals surface area (Å²) in [7, 11) is 0. The maximum atomic E-state index is 12.5. The molecule has 0 aliphatic heterocycles. The van der Waals surface area contributed by atoms with Crippen molar-refractivity contribution >= 4 is 72.6 Å². The highest BCUT2D eigenvalue weighted by atomic mass is 79.9. The third-order valence-electron chi connectivity index (χ3n) is 4.48. The van der Waals surface area contributed by atoms with Gasteiger partial charge in [-0.3, -0.25) is 25.8 Å². The molecular weight excluding hydrogens is 622 g/mol. The third kappa shape index (κ3) is 8.81. The van der Waals surface area contributed by atoms with E-state index in [0.717, 1.165) is 6.42 Å². The van der Waals surface area contributed by atoms with E-state index < -0.39 is 11.8 Å². The molecule has 0 aliphatic rings. The van der Waals surface area contributed by atoms with Crippen LogP contribution in [0.1, 0.15) is 15.9 Å². The van der Waals surface area contributed by atoms with Crippen LogP contribution in [0.3, 0.4) is 0 Å². The second-order valence-electron chi connectivity index (χ2n) is 7.05. The first-order chi connectivity index (χ1) is 16.8. The molecule has 0 saturated heterocycles. The maximum absolute atomic E-state index is 12.5. The van der Waals surface area contributed by atoms with Crippen LogP contribution in [0, 0.1) is 0 Å². The fourth-order valence-corrected chi connectivity index (χ4v) is 4.22. The predicted molar refractivity (Wildman–Crippen MR) is 146 cm³/mol. The second-order valence-corrected chi connectivity index (χ2v) is 9.60. The van der Waals surface area contributed by atoms with E-state index in [2.05, 4.69) is 48.0 Å². The van der Waals surface area contributed by atoms with Gasteiger partial charge in [-0.1, -0.05) is 41.9 Å². The number of thiocarbonyl (C=S) groups is 1. The molecule has 0 saturated carbocycles. The molecule has 182 valence electrons. The lowest BCUT2D eigenvalue weighted by Crippen LogP contribution is -2.49. The molecule has 0 aliphatic carbocycles. The lowest BCUT2D eigenvalue weighted by atomic mass is 10.2. The van der Waals surface area contributed by atoms with Crippen molar-refractivity contribution in [2.45, 2.75) is 6.42 Å². The summed E-state index contributed by atoms with van der Waals surface area (Å²) in [5, 5.41) is 2.96. The smallest absolute Gasteiger partial charge is 0.276 e. The van der Waals surface area contributed by atoms with Crippen LogP contribution in [0.25, 0.3) is 0 Å². The Morgan fingerprint density at radius 3 is 2.29 bits per heavy atom. The fourth-order valence-electron chi connectivity index (χ4n) is 2.79. The number of hydrazine groups is 1. The lowest BCUT2D eigenvalue weighted by molar-refractivity contribution is -0.123. The molecule has 0 atom stereocenters. The van der Waals surface area contributed by atoms with Gasteiger partial charge in [0.15, 0.2) is 11.7 Å². The molecule has 7 nitrogen and oxygen atoms in total. The summed E-state index contributed by atoms with van der Waals surface area (Å²) in [4.78, 5) is 24.5. The second kappa shape index (κ2) is 13.4. The molecule has 2 amide bonds. The molecule has 11 heteroatoms. The summed E-state index contributed by atoms with van der Waals surface area (Å²) in [5.41, 5.74) is 6.36. The van der Waals surface area contributed by atoms with Crippen LogP contribution in [0.15, 0.2) is 75.7 Å². The molecule has 0 spiro atoms. The molecular formula is C24H20Br2ClN3O4S.